The van der Waals surface area contributed by atoms with Crippen LogP contribution in [0.3, 0.4) is 0 Å². The van der Waals surface area contributed by atoms with Crippen LogP contribution in [-0.2, 0) is 17.1 Å². The van der Waals surface area contributed by atoms with Crippen LogP contribution in [0.2, 0.25) is 0 Å². The Morgan fingerprint density at radius 3 is 0.741 bits per heavy atom. The van der Waals surface area contributed by atoms with E-state index in [1.165, 1.54) is 0 Å². The van der Waals surface area contributed by atoms with Gasteiger partial charge in [-0.2, -0.15) is 0 Å². The smallest absolute Gasteiger partial charge is 1.00 e. The van der Waals surface area contributed by atoms with Crippen molar-refractivity contribution in [1.29, 1.82) is 0 Å². The molecular weight excluding hydrogens is 431 g/mol. The second kappa shape index (κ2) is 13.8. The Balaban J connectivity index is 0.000000451. The summed E-state index contributed by atoms with van der Waals surface area (Å²) < 4.78 is 0. The third kappa shape index (κ3) is 7.85. The minimum atomic E-state index is 0. The molecule has 4 heterocycles. The van der Waals surface area contributed by atoms with Gasteiger partial charge < -0.3 is 24.8 Å². The van der Waals surface area contributed by atoms with Gasteiger partial charge in [0, 0.05) is 24.8 Å². The zero-order valence-electron chi connectivity index (χ0n) is 14.1. The van der Waals surface area contributed by atoms with Crippen LogP contribution >= 0.6 is 0 Å². The molecule has 0 aliphatic carbocycles. The molecule has 0 amide bonds. The molecule has 1 radical (unpaired) electrons. The Labute approximate surface area is 181 Å². The number of aromatic nitrogens is 4. The average Bonchev–Trinajstić information content (AvgIpc) is 2.71. The molecule has 4 aromatic rings. The van der Waals surface area contributed by atoms with E-state index in [9.17, 15) is 0 Å². The third-order valence-electron chi connectivity index (χ3n) is 3.18. The zero-order valence-corrected chi connectivity index (χ0v) is 16.5. The predicted molar refractivity (Wildman–Crippen MR) is 94.9 cm³/mol. The Bertz CT molecular complexity index is 702. The Morgan fingerprint density at radius 1 is 0.370 bits per heavy atom. The van der Waals surface area contributed by atoms with E-state index in [-0.39, 0.29) is 41.9 Å². The molecular formula is C20H16Cl2CuN4. The van der Waals surface area contributed by atoms with E-state index in [4.69, 9.17) is 0 Å². The Kier molecular flexibility index (Phi) is 12.7. The standard InChI is InChI=1S/2C10H8N2.2ClH.Cu/c2*1-3-7-11-9(5-1)10-6-2-4-8-12-10;;;/h2*1-8H;2*1H;/q;;;;+2/p-2. The quantitative estimate of drug-likeness (QED) is 0.344. The summed E-state index contributed by atoms with van der Waals surface area (Å²) in [5.74, 6) is 0. The summed E-state index contributed by atoms with van der Waals surface area (Å²) in [5.41, 5.74) is 3.66. The second-order valence-electron chi connectivity index (χ2n) is 4.86. The van der Waals surface area contributed by atoms with Gasteiger partial charge in [-0.1, -0.05) is 24.3 Å². The molecule has 0 bridgehead atoms. The molecule has 7 heteroatoms. The number of pyridine rings is 4. The van der Waals surface area contributed by atoms with Crippen LogP contribution in [0.15, 0.2) is 97.6 Å². The molecule has 27 heavy (non-hydrogen) atoms. The SMILES string of the molecule is [Cl-].[Cl-].[Cu+2].c1ccc(-c2ccccn2)nc1.c1ccc(-c2ccccn2)nc1. The fourth-order valence-electron chi connectivity index (χ4n) is 2.06. The van der Waals surface area contributed by atoms with E-state index in [2.05, 4.69) is 19.9 Å². The zero-order chi connectivity index (χ0) is 16.5. The van der Waals surface area contributed by atoms with Crippen LogP contribution in [0, 0.1) is 0 Å². The van der Waals surface area contributed by atoms with Crippen LogP contribution < -0.4 is 24.8 Å². The molecule has 0 fully saturated rings. The molecule has 0 saturated heterocycles. The van der Waals surface area contributed by atoms with Gasteiger partial charge in [0.25, 0.3) is 0 Å². The van der Waals surface area contributed by atoms with Gasteiger partial charge in [-0.25, -0.2) is 0 Å². The average molecular weight is 447 g/mol. The van der Waals surface area contributed by atoms with Crippen LogP contribution in [0.1, 0.15) is 0 Å². The van der Waals surface area contributed by atoms with E-state index in [0.29, 0.717) is 0 Å². The van der Waals surface area contributed by atoms with Crippen molar-refractivity contribution in [1.82, 2.24) is 19.9 Å². The Morgan fingerprint density at radius 2 is 0.593 bits per heavy atom. The molecule has 0 N–H and O–H groups in total. The molecule has 0 aliphatic heterocycles. The van der Waals surface area contributed by atoms with Crippen molar-refractivity contribution < 1.29 is 41.9 Å². The van der Waals surface area contributed by atoms with Gasteiger partial charge >= 0.3 is 17.1 Å². The fourth-order valence-corrected chi connectivity index (χ4v) is 2.06. The Hall–Kier alpha value is -2.30. The predicted octanol–water partition coefficient (Wildman–Crippen LogP) is -1.71. The van der Waals surface area contributed by atoms with Crippen LogP contribution in [0.4, 0.5) is 0 Å². The van der Waals surface area contributed by atoms with Gasteiger partial charge in [0.15, 0.2) is 0 Å². The number of halogens is 2. The van der Waals surface area contributed by atoms with Gasteiger partial charge in [0.05, 0.1) is 22.8 Å². The number of rotatable bonds is 2. The van der Waals surface area contributed by atoms with E-state index in [1.54, 1.807) is 24.8 Å². The molecule has 0 aromatic carbocycles. The maximum atomic E-state index is 4.19. The summed E-state index contributed by atoms with van der Waals surface area (Å²) in [5, 5.41) is 0. The fraction of sp³-hybridized carbons (Fsp3) is 0. The largest absolute Gasteiger partial charge is 2.00 e. The van der Waals surface area contributed by atoms with E-state index >= 15 is 0 Å². The first-order chi connectivity index (χ1) is 11.9. The van der Waals surface area contributed by atoms with Crippen LogP contribution in [0.5, 0.6) is 0 Å². The van der Waals surface area contributed by atoms with Crippen molar-refractivity contribution in [3.05, 3.63) is 97.6 Å². The van der Waals surface area contributed by atoms with Crippen molar-refractivity contribution in [2.75, 3.05) is 0 Å². The molecule has 0 unspecified atom stereocenters. The second-order valence-corrected chi connectivity index (χ2v) is 4.86. The third-order valence-corrected chi connectivity index (χ3v) is 3.18. The summed E-state index contributed by atoms with van der Waals surface area (Å²) >= 11 is 0. The first kappa shape index (κ1) is 24.7. The maximum Gasteiger partial charge on any atom is 2.00 e. The monoisotopic (exact) mass is 445 g/mol. The summed E-state index contributed by atoms with van der Waals surface area (Å²) in [4.78, 5) is 16.7. The summed E-state index contributed by atoms with van der Waals surface area (Å²) in [6.07, 6.45) is 7.07. The van der Waals surface area contributed by atoms with Crippen LogP contribution in [-0.4, -0.2) is 19.9 Å². The topological polar surface area (TPSA) is 51.6 Å². The van der Waals surface area contributed by atoms with Gasteiger partial charge in [-0.05, 0) is 48.5 Å². The minimum Gasteiger partial charge on any atom is -1.00 e. The van der Waals surface area contributed by atoms with E-state index in [0.717, 1.165) is 22.8 Å². The first-order valence-corrected chi connectivity index (χ1v) is 7.58. The maximum absolute atomic E-state index is 4.19. The van der Waals surface area contributed by atoms with E-state index in [1.807, 2.05) is 72.8 Å². The van der Waals surface area contributed by atoms with Crippen molar-refractivity contribution in [3.8, 4) is 22.8 Å². The summed E-state index contributed by atoms with van der Waals surface area (Å²) in [6, 6.07) is 23.2. The number of nitrogens with zero attached hydrogens (tertiary/aromatic N) is 4. The molecule has 4 aromatic heterocycles. The molecule has 0 atom stereocenters. The minimum absolute atomic E-state index is 0. The van der Waals surface area contributed by atoms with Gasteiger partial charge in [-0.15, -0.1) is 0 Å². The van der Waals surface area contributed by atoms with Gasteiger partial charge in [-0.3, -0.25) is 19.9 Å². The van der Waals surface area contributed by atoms with Gasteiger partial charge in [0.2, 0.25) is 0 Å². The van der Waals surface area contributed by atoms with Crippen molar-refractivity contribution >= 4 is 0 Å². The van der Waals surface area contributed by atoms with Crippen molar-refractivity contribution in [2.24, 2.45) is 0 Å². The summed E-state index contributed by atoms with van der Waals surface area (Å²) in [7, 11) is 0. The van der Waals surface area contributed by atoms with E-state index < -0.39 is 0 Å². The van der Waals surface area contributed by atoms with Crippen molar-refractivity contribution in [2.45, 2.75) is 0 Å². The molecule has 0 aliphatic rings. The van der Waals surface area contributed by atoms with Crippen molar-refractivity contribution in [3.63, 3.8) is 0 Å². The van der Waals surface area contributed by atoms with Crippen LogP contribution in [0.25, 0.3) is 22.8 Å². The molecule has 0 saturated carbocycles. The first-order valence-electron chi connectivity index (χ1n) is 7.58. The molecule has 141 valence electrons. The number of hydrogen-bond acceptors (Lipinski definition) is 4. The molecule has 4 nitrogen and oxygen atoms in total. The van der Waals surface area contributed by atoms with Gasteiger partial charge in [0.1, 0.15) is 0 Å². The molecule has 4 rings (SSSR count). The molecule has 0 spiro atoms. The number of hydrogen-bond donors (Lipinski definition) is 0. The summed E-state index contributed by atoms with van der Waals surface area (Å²) in [6.45, 7) is 0. The normalized spacial score (nSPS) is 8.59.